The van der Waals surface area contributed by atoms with Crippen molar-refractivity contribution in [1.82, 2.24) is 0 Å². The lowest BCUT2D eigenvalue weighted by molar-refractivity contribution is 0.506. The van der Waals surface area contributed by atoms with E-state index in [-0.39, 0.29) is 5.41 Å². The van der Waals surface area contributed by atoms with E-state index in [2.05, 4.69) is 26.1 Å². The molecule has 0 radical (unpaired) electrons. The van der Waals surface area contributed by atoms with Gasteiger partial charge in [-0.15, -0.1) is 0 Å². The maximum atomic E-state index is 11.2. The van der Waals surface area contributed by atoms with E-state index in [4.69, 9.17) is 0 Å². The van der Waals surface area contributed by atoms with E-state index >= 15 is 0 Å². The molecule has 2 N–H and O–H groups in total. The second kappa shape index (κ2) is 5.61. The summed E-state index contributed by atoms with van der Waals surface area (Å²) in [4.78, 5) is 9.20. The smallest absolute Gasteiger partial charge is 0.385 e. The monoisotopic (exact) mass is 254 g/mol. The summed E-state index contributed by atoms with van der Waals surface area (Å²) < 4.78 is 11.2. The SMILES string of the molecule is CCNc1ccc([P+](=O)O)cc1C(C)(C)CC. The van der Waals surface area contributed by atoms with Gasteiger partial charge in [0.25, 0.3) is 0 Å². The molecule has 0 aliphatic heterocycles. The Morgan fingerprint density at radius 3 is 2.47 bits per heavy atom. The van der Waals surface area contributed by atoms with Crippen molar-refractivity contribution in [3.63, 3.8) is 0 Å². The van der Waals surface area contributed by atoms with Crippen molar-refractivity contribution in [2.45, 2.75) is 39.5 Å². The predicted molar refractivity (Wildman–Crippen MR) is 73.4 cm³/mol. The van der Waals surface area contributed by atoms with Crippen molar-refractivity contribution < 1.29 is 9.46 Å². The number of anilines is 1. The molecule has 0 aliphatic carbocycles. The average Bonchev–Trinajstić information content (AvgIpc) is 2.29. The van der Waals surface area contributed by atoms with Gasteiger partial charge in [0.05, 0.1) is 0 Å². The summed E-state index contributed by atoms with van der Waals surface area (Å²) in [5.41, 5.74) is 2.16. The molecule has 0 fully saturated rings. The van der Waals surface area contributed by atoms with Crippen LogP contribution in [-0.2, 0) is 9.98 Å². The van der Waals surface area contributed by atoms with Crippen LogP contribution < -0.4 is 10.6 Å². The van der Waals surface area contributed by atoms with Crippen LogP contribution in [0.1, 0.15) is 39.7 Å². The molecule has 94 valence electrons. The molecule has 0 aliphatic rings. The zero-order chi connectivity index (χ0) is 13.1. The van der Waals surface area contributed by atoms with Crippen molar-refractivity contribution in [3.05, 3.63) is 23.8 Å². The highest BCUT2D eigenvalue weighted by Crippen LogP contribution is 2.33. The summed E-state index contributed by atoms with van der Waals surface area (Å²) in [6, 6.07) is 5.46. The van der Waals surface area contributed by atoms with Gasteiger partial charge in [0.15, 0.2) is 0 Å². The third-order valence-corrected chi connectivity index (χ3v) is 3.92. The molecular formula is C13H21NO2P+. The van der Waals surface area contributed by atoms with E-state index in [1.165, 1.54) is 0 Å². The number of nitrogens with one attached hydrogen (secondary N) is 1. The Hall–Kier alpha value is -0.920. The average molecular weight is 254 g/mol. The first kappa shape index (κ1) is 14.1. The van der Waals surface area contributed by atoms with Gasteiger partial charge in [0.2, 0.25) is 5.30 Å². The van der Waals surface area contributed by atoms with Gasteiger partial charge >= 0.3 is 8.03 Å². The van der Waals surface area contributed by atoms with Crippen molar-refractivity contribution in [1.29, 1.82) is 0 Å². The Labute approximate surface area is 104 Å². The van der Waals surface area contributed by atoms with Crippen LogP contribution in [0.4, 0.5) is 5.69 Å². The summed E-state index contributed by atoms with van der Waals surface area (Å²) in [5.74, 6) is 0. The zero-order valence-electron chi connectivity index (χ0n) is 10.9. The lowest BCUT2D eigenvalue weighted by Gasteiger charge is -2.26. The summed E-state index contributed by atoms with van der Waals surface area (Å²) in [6.07, 6.45) is 0.983. The van der Waals surface area contributed by atoms with Crippen LogP contribution in [0.5, 0.6) is 0 Å². The molecule has 4 heteroatoms. The summed E-state index contributed by atoms with van der Waals surface area (Å²) in [7, 11) is -2.26. The fourth-order valence-electron chi connectivity index (χ4n) is 1.75. The normalized spacial score (nSPS) is 12.4. The fourth-order valence-corrected chi connectivity index (χ4v) is 2.19. The third-order valence-electron chi connectivity index (χ3n) is 3.20. The summed E-state index contributed by atoms with van der Waals surface area (Å²) >= 11 is 0. The van der Waals surface area contributed by atoms with Crippen LogP contribution >= 0.6 is 8.03 Å². The number of benzene rings is 1. The minimum Gasteiger partial charge on any atom is -0.385 e. The molecule has 3 nitrogen and oxygen atoms in total. The largest absolute Gasteiger partial charge is 0.546 e. The first-order valence-electron chi connectivity index (χ1n) is 5.97. The third kappa shape index (κ3) is 3.27. The molecule has 0 bridgehead atoms. The van der Waals surface area contributed by atoms with E-state index in [9.17, 15) is 9.46 Å². The van der Waals surface area contributed by atoms with Crippen molar-refractivity contribution in [2.75, 3.05) is 11.9 Å². The molecule has 1 aromatic rings. The number of hydrogen-bond donors (Lipinski definition) is 2. The molecule has 0 saturated heterocycles. The van der Waals surface area contributed by atoms with Gasteiger partial charge in [-0.05, 0) is 41.0 Å². The molecule has 1 rings (SSSR count). The van der Waals surface area contributed by atoms with Gasteiger partial charge in [0, 0.05) is 18.3 Å². The maximum Gasteiger partial charge on any atom is 0.546 e. The van der Waals surface area contributed by atoms with Crippen molar-refractivity contribution in [3.8, 4) is 0 Å². The fraction of sp³-hybridized carbons (Fsp3) is 0.538. The first-order valence-corrected chi connectivity index (χ1v) is 7.18. The van der Waals surface area contributed by atoms with Crippen molar-refractivity contribution >= 4 is 19.0 Å². The molecule has 1 aromatic carbocycles. The predicted octanol–water partition coefficient (Wildman–Crippen LogP) is 3.17. The Morgan fingerprint density at radius 1 is 1.35 bits per heavy atom. The van der Waals surface area contributed by atoms with Crippen LogP contribution in [0, 0.1) is 0 Å². The van der Waals surface area contributed by atoms with Gasteiger partial charge in [-0.2, -0.15) is 4.89 Å². The Balaban J connectivity index is 3.30. The second-order valence-electron chi connectivity index (χ2n) is 4.77. The quantitative estimate of drug-likeness (QED) is 0.793. The Kier molecular flexibility index (Phi) is 4.67. The topological polar surface area (TPSA) is 49.3 Å². The molecule has 0 spiro atoms. The van der Waals surface area contributed by atoms with Crippen molar-refractivity contribution in [2.24, 2.45) is 0 Å². The van der Waals surface area contributed by atoms with Crippen LogP contribution in [0.15, 0.2) is 18.2 Å². The van der Waals surface area contributed by atoms with Gasteiger partial charge in [0.1, 0.15) is 0 Å². The molecule has 0 aromatic heterocycles. The molecule has 0 heterocycles. The standard InChI is InChI=1S/C13H20NO2P/c1-5-13(3,4)11-9-10(17(15)16)7-8-12(11)14-6-2/h7-9,14H,5-6H2,1-4H3/p+1. The van der Waals surface area contributed by atoms with Gasteiger partial charge in [-0.25, -0.2) is 0 Å². The zero-order valence-corrected chi connectivity index (χ0v) is 11.8. The van der Waals surface area contributed by atoms with E-state index < -0.39 is 8.03 Å². The molecule has 17 heavy (non-hydrogen) atoms. The second-order valence-corrected chi connectivity index (χ2v) is 5.83. The summed E-state index contributed by atoms with van der Waals surface area (Å²) in [5, 5.41) is 3.80. The molecule has 1 atom stereocenters. The molecule has 1 unspecified atom stereocenters. The van der Waals surface area contributed by atoms with E-state index in [0.717, 1.165) is 24.2 Å². The number of rotatable bonds is 5. The van der Waals surface area contributed by atoms with E-state index in [1.54, 1.807) is 6.07 Å². The number of hydrogen-bond acceptors (Lipinski definition) is 2. The lowest BCUT2D eigenvalue weighted by Crippen LogP contribution is -2.20. The minimum absolute atomic E-state index is 0.00113. The van der Waals surface area contributed by atoms with Gasteiger partial charge in [-0.1, -0.05) is 20.8 Å². The molecule has 0 saturated carbocycles. The van der Waals surface area contributed by atoms with E-state index in [0.29, 0.717) is 5.30 Å². The Bertz CT molecular complexity index is 416. The molecule has 0 amide bonds. The summed E-state index contributed by atoms with van der Waals surface area (Å²) in [6.45, 7) is 9.32. The highest BCUT2D eigenvalue weighted by Gasteiger charge is 2.26. The van der Waals surface area contributed by atoms with Crippen LogP contribution in [-0.4, -0.2) is 11.4 Å². The highest BCUT2D eigenvalue weighted by molar-refractivity contribution is 7.47. The van der Waals surface area contributed by atoms with Gasteiger partial charge in [-0.3, -0.25) is 0 Å². The van der Waals surface area contributed by atoms with Crippen LogP contribution in [0.25, 0.3) is 0 Å². The van der Waals surface area contributed by atoms with Crippen LogP contribution in [0.2, 0.25) is 0 Å². The maximum absolute atomic E-state index is 11.2. The molecular weight excluding hydrogens is 233 g/mol. The minimum atomic E-state index is -2.26. The van der Waals surface area contributed by atoms with Gasteiger partial charge < -0.3 is 5.32 Å². The first-order chi connectivity index (χ1) is 7.92. The highest BCUT2D eigenvalue weighted by atomic mass is 31.1. The van der Waals surface area contributed by atoms with Crippen LogP contribution in [0.3, 0.4) is 0 Å². The Morgan fingerprint density at radius 2 is 2.00 bits per heavy atom. The lowest BCUT2D eigenvalue weighted by atomic mass is 9.81. The van der Waals surface area contributed by atoms with E-state index in [1.807, 2.05) is 19.1 Å².